The Bertz CT molecular complexity index is 1020. The Kier molecular flexibility index (Phi) is 5.07. The smallest absolute Gasteiger partial charge is 0.243 e. The van der Waals surface area contributed by atoms with Crippen LogP contribution < -0.4 is 0 Å². The molecule has 1 atom stereocenters. The Morgan fingerprint density at radius 2 is 1.85 bits per heavy atom. The third-order valence-corrected chi connectivity index (χ3v) is 6.97. The van der Waals surface area contributed by atoms with Crippen molar-refractivity contribution >= 4 is 26.0 Å². The summed E-state index contributed by atoms with van der Waals surface area (Å²) in [5, 5.41) is 4.03. The zero-order chi connectivity index (χ0) is 18.9. The molecule has 1 aliphatic rings. The SMILES string of the molecule is O=S(=O)(c1ccc(Br)cc1)N1CCC[C@H](c2nc(-c3ccncc3)no2)C1. The summed E-state index contributed by atoms with van der Waals surface area (Å²) in [5.74, 6) is 0.838. The number of hydrogen-bond donors (Lipinski definition) is 0. The molecule has 0 amide bonds. The van der Waals surface area contributed by atoms with Gasteiger partial charge in [0.2, 0.25) is 21.7 Å². The van der Waals surface area contributed by atoms with Gasteiger partial charge >= 0.3 is 0 Å². The maximum atomic E-state index is 12.9. The van der Waals surface area contributed by atoms with Crippen LogP contribution in [0.4, 0.5) is 0 Å². The fourth-order valence-electron chi connectivity index (χ4n) is 3.14. The van der Waals surface area contributed by atoms with E-state index in [2.05, 4.69) is 31.1 Å². The number of piperidine rings is 1. The molecule has 0 unspecified atom stereocenters. The van der Waals surface area contributed by atoms with E-state index in [-0.39, 0.29) is 10.8 Å². The van der Waals surface area contributed by atoms with Crippen LogP contribution in [0, 0.1) is 0 Å². The molecular weight excluding hydrogens is 432 g/mol. The van der Waals surface area contributed by atoms with Crippen LogP contribution in [0.1, 0.15) is 24.7 Å². The summed E-state index contributed by atoms with van der Waals surface area (Å²) in [6.07, 6.45) is 4.88. The Balaban J connectivity index is 1.55. The largest absolute Gasteiger partial charge is 0.339 e. The molecule has 0 saturated carbocycles. The van der Waals surface area contributed by atoms with Crippen LogP contribution in [-0.2, 0) is 10.0 Å². The summed E-state index contributed by atoms with van der Waals surface area (Å²) in [5.41, 5.74) is 0.815. The monoisotopic (exact) mass is 448 g/mol. The van der Waals surface area contributed by atoms with E-state index in [0.717, 1.165) is 22.9 Å². The highest BCUT2D eigenvalue weighted by molar-refractivity contribution is 9.10. The molecular formula is C18H17BrN4O3S. The lowest BCUT2D eigenvalue weighted by Gasteiger charge is -2.30. The van der Waals surface area contributed by atoms with Crippen LogP contribution >= 0.6 is 15.9 Å². The third-order valence-electron chi connectivity index (χ3n) is 4.57. The second-order valence-corrected chi connectivity index (χ2v) is 9.20. The van der Waals surface area contributed by atoms with Crippen molar-refractivity contribution in [2.45, 2.75) is 23.7 Å². The maximum absolute atomic E-state index is 12.9. The Morgan fingerprint density at radius 3 is 2.59 bits per heavy atom. The van der Waals surface area contributed by atoms with E-state index in [4.69, 9.17) is 4.52 Å². The van der Waals surface area contributed by atoms with Crippen molar-refractivity contribution in [2.24, 2.45) is 0 Å². The molecule has 1 fully saturated rings. The number of aromatic nitrogens is 3. The fraction of sp³-hybridized carbons (Fsp3) is 0.278. The second-order valence-electron chi connectivity index (χ2n) is 6.35. The number of halogens is 1. The molecule has 7 nitrogen and oxygen atoms in total. The van der Waals surface area contributed by atoms with E-state index in [0.29, 0.717) is 24.8 Å². The van der Waals surface area contributed by atoms with Gasteiger partial charge in [0.1, 0.15) is 0 Å². The first-order valence-electron chi connectivity index (χ1n) is 8.54. The highest BCUT2D eigenvalue weighted by Crippen LogP contribution is 2.30. The lowest BCUT2D eigenvalue weighted by Crippen LogP contribution is -2.39. The molecule has 1 saturated heterocycles. The molecule has 140 valence electrons. The van der Waals surface area contributed by atoms with Gasteiger partial charge in [0.05, 0.1) is 10.8 Å². The van der Waals surface area contributed by atoms with Gasteiger partial charge in [-0.2, -0.15) is 9.29 Å². The van der Waals surface area contributed by atoms with Gasteiger partial charge in [-0.3, -0.25) is 4.98 Å². The van der Waals surface area contributed by atoms with Crippen LogP contribution in [0.25, 0.3) is 11.4 Å². The molecule has 27 heavy (non-hydrogen) atoms. The number of nitrogens with zero attached hydrogens (tertiary/aromatic N) is 4. The first kappa shape index (κ1) is 18.3. The Hall–Kier alpha value is -2.10. The van der Waals surface area contributed by atoms with E-state index >= 15 is 0 Å². The summed E-state index contributed by atoms with van der Waals surface area (Å²) in [4.78, 5) is 8.73. The van der Waals surface area contributed by atoms with E-state index in [9.17, 15) is 8.42 Å². The van der Waals surface area contributed by atoms with Gasteiger partial charge in [-0.15, -0.1) is 0 Å². The average Bonchev–Trinajstić information content (AvgIpc) is 3.19. The van der Waals surface area contributed by atoms with Gasteiger partial charge in [-0.25, -0.2) is 8.42 Å². The van der Waals surface area contributed by atoms with Crippen LogP contribution in [-0.4, -0.2) is 40.9 Å². The molecule has 0 N–H and O–H groups in total. The lowest BCUT2D eigenvalue weighted by atomic mass is 10.00. The van der Waals surface area contributed by atoms with Gasteiger partial charge in [0.15, 0.2) is 0 Å². The van der Waals surface area contributed by atoms with Crippen molar-refractivity contribution in [3.05, 3.63) is 59.2 Å². The van der Waals surface area contributed by atoms with E-state index < -0.39 is 10.0 Å². The summed E-state index contributed by atoms with van der Waals surface area (Å²) in [6.45, 7) is 0.816. The molecule has 4 rings (SSSR count). The number of benzene rings is 1. The van der Waals surface area contributed by atoms with Gasteiger partial charge in [0.25, 0.3) is 0 Å². The van der Waals surface area contributed by atoms with E-state index in [1.54, 1.807) is 48.8 Å². The molecule has 0 bridgehead atoms. The van der Waals surface area contributed by atoms with Gasteiger partial charge < -0.3 is 4.52 Å². The Labute approximate surface area is 165 Å². The highest BCUT2D eigenvalue weighted by atomic mass is 79.9. The average molecular weight is 449 g/mol. The van der Waals surface area contributed by atoms with Gasteiger partial charge in [-0.05, 0) is 49.2 Å². The predicted octanol–water partition coefficient (Wildman–Crippen LogP) is 3.46. The predicted molar refractivity (Wildman–Crippen MR) is 102 cm³/mol. The van der Waals surface area contributed by atoms with Crippen LogP contribution in [0.2, 0.25) is 0 Å². The minimum atomic E-state index is -3.55. The summed E-state index contributed by atoms with van der Waals surface area (Å²) >= 11 is 3.33. The number of sulfonamides is 1. The number of pyridine rings is 1. The zero-order valence-electron chi connectivity index (χ0n) is 14.3. The molecule has 1 aromatic carbocycles. The summed E-state index contributed by atoms with van der Waals surface area (Å²) in [6, 6.07) is 10.3. The minimum absolute atomic E-state index is 0.118. The molecule has 3 heterocycles. The Morgan fingerprint density at radius 1 is 1.11 bits per heavy atom. The normalized spacial score (nSPS) is 18.5. The summed E-state index contributed by atoms with van der Waals surface area (Å²) < 4.78 is 33.7. The van der Waals surface area contributed by atoms with Crippen molar-refractivity contribution in [3.8, 4) is 11.4 Å². The summed E-state index contributed by atoms with van der Waals surface area (Å²) in [7, 11) is -3.55. The fourth-order valence-corrected chi connectivity index (χ4v) is 4.93. The molecule has 0 spiro atoms. The van der Waals surface area contributed by atoms with Gasteiger partial charge in [-0.1, -0.05) is 21.1 Å². The third kappa shape index (κ3) is 3.80. The van der Waals surface area contributed by atoms with Crippen molar-refractivity contribution in [1.29, 1.82) is 0 Å². The highest BCUT2D eigenvalue weighted by Gasteiger charge is 2.33. The van der Waals surface area contributed by atoms with Crippen molar-refractivity contribution < 1.29 is 12.9 Å². The quantitative estimate of drug-likeness (QED) is 0.606. The lowest BCUT2D eigenvalue weighted by molar-refractivity contribution is 0.265. The molecule has 0 aliphatic carbocycles. The van der Waals surface area contributed by atoms with Crippen LogP contribution in [0.15, 0.2) is 62.7 Å². The minimum Gasteiger partial charge on any atom is -0.339 e. The van der Waals surface area contributed by atoms with Crippen LogP contribution in [0.3, 0.4) is 0 Å². The maximum Gasteiger partial charge on any atom is 0.243 e. The standard InChI is InChI=1S/C18H17BrN4O3S/c19-15-3-5-16(6-4-15)27(24,25)23-11-1-2-14(12-23)18-21-17(22-26-18)13-7-9-20-10-8-13/h3-10,14H,1-2,11-12H2/t14-/m0/s1. The number of hydrogen-bond acceptors (Lipinski definition) is 6. The topological polar surface area (TPSA) is 89.2 Å². The number of rotatable bonds is 4. The van der Waals surface area contributed by atoms with Crippen molar-refractivity contribution in [3.63, 3.8) is 0 Å². The van der Waals surface area contributed by atoms with Crippen LogP contribution in [0.5, 0.6) is 0 Å². The second kappa shape index (κ2) is 7.49. The van der Waals surface area contributed by atoms with Crippen molar-refractivity contribution in [2.75, 3.05) is 13.1 Å². The van der Waals surface area contributed by atoms with Crippen molar-refractivity contribution in [1.82, 2.24) is 19.4 Å². The molecule has 3 aromatic rings. The molecule has 2 aromatic heterocycles. The van der Waals surface area contributed by atoms with E-state index in [1.807, 2.05) is 0 Å². The molecule has 9 heteroatoms. The first-order chi connectivity index (χ1) is 13.0. The first-order valence-corrected chi connectivity index (χ1v) is 10.8. The molecule has 1 aliphatic heterocycles. The zero-order valence-corrected chi connectivity index (χ0v) is 16.7. The van der Waals surface area contributed by atoms with Gasteiger partial charge in [0, 0.05) is 35.5 Å². The molecule has 0 radical (unpaired) electrons. The van der Waals surface area contributed by atoms with E-state index in [1.165, 1.54) is 4.31 Å².